The van der Waals surface area contributed by atoms with Gasteiger partial charge in [-0.05, 0) is 55.3 Å². The predicted octanol–water partition coefficient (Wildman–Crippen LogP) is 3.10. The SMILES string of the molecule is COc1ccc(NS(=O)(=O)c2cccc(N3CCCC3)c2)cc1. The second-order valence-electron chi connectivity index (χ2n) is 5.53. The Kier molecular flexibility index (Phi) is 4.43. The first kappa shape index (κ1) is 15.7. The summed E-state index contributed by atoms with van der Waals surface area (Å²) < 4.78 is 32.8. The number of sulfonamides is 1. The summed E-state index contributed by atoms with van der Waals surface area (Å²) in [5, 5.41) is 0. The fraction of sp³-hybridized carbons (Fsp3) is 0.294. The summed E-state index contributed by atoms with van der Waals surface area (Å²) in [4.78, 5) is 2.49. The van der Waals surface area contributed by atoms with Crippen molar-refractivity contribution < 1.29 is 13.2 Å². The summed E-state index contributed by atoms with van der Waals surface area (Å²) in [6, 6.07) is 13.9. The predicted molar refractivity (Wildman–Crippen MR) is 91.7 cm³/mol. The molecule has 2 aromatic rings. The standard InChI is InChI=1S/C17H20N2O3S/c1-22-16-9-7-14(8-10-16)18-23(20,21)17-6-4-5-15(13-17)19-11-2-3-12-19/h4-10,13,18H,2-3,11-12H2,1H3. The van der Waals surface area contributed by atoms with Crippen molar-refractivity contribution in [1.29, 1.82) is 0 Å². The highest BCUT2D eigenvalue weighted by Crippen LogP contribution is 2.25. The molecule has 5 nitrogen and oxygen atoms in total. The molecule has 2 aromatic carbocycles. The molecular formula is C17H20N2O3S. The van der Waals surface area contributed by atoms with Gasteiger partial charge >= 0.3 is 0 Å². The van der Waals surface area contributed by atoms with Crippen LogP contribution in [0.15, 0.2) is 53.4 Å². The molecule has 1 aliphatic heterocycles. The van der Waals surface area contributed by atoms with E-state index < -0.39 is 10.0 Å². The monoisotopic (exact) mass is 332 g/mol. The van der Waals surface area contributed by atoms with Gasteiger partial charge in [-0.15, -0.1) is 0 Å². The Labute approximate surface area is 136 Å². The number of rotatable bonds is 5. The van der Waals surface area contributed by atoms with Crippen LogP contribution in [-0.2, 0) is 10.0 Å². The minimum Gasteiger partial charge on any atom is -0.497 e. The normalized spacial score (nSPS) is 14.7. The van der Waals surface area contributed by atoms with Crippen molar-refractivity contribution in [1.82, 2.24) is 0 Å². The zero-order valence-electron chi connectivity index (χ0n) is 13.0. The van der Waals surface area contributed by atoms with Gasteiger partial charge in [-0.3, -0.25) is 4.72 Å². The van der Waals surface area contributed by atoms with Gasteiger partial charge in [0.05, 0.1) is 12.0 Å². The minimum absolute atomic E-state index is 0.276. The number of hydrogen-bond donors (Lipinski definition) is 1. The first-order valence-corrected chi connectivity index (χ1v) is 9.09. The molecule has 0 bridgehead atoms. The second kappa shape index (κ2) is 6.50. The lowest BCUT2D eigenvalue weighted by Crippen LogP contribution is -2.19. The van der Waals surface area contributed by atoms with Crippen LogP contribution in [0.3, 0.4) is 0 Å². The van der Waals surface area contributed by atoms with Crippen LogP contribution in [0.1, 0.15) is 12.8 Å². The number of ether oxygens (including phenoxy) is 1. The Hall–Kier alpha value is -2.21. The molecule has 0 amide bonds. The number of nitrogens with zero attached hydrogens (tertiary/aromatic N) is 1. The number of benzene rings is 2. The molecule has 0 unspecified atom stereocenters. The number of nitrogens with one attached hydrogen (secondary N) is 1. The van der Waals surface area contributed by atoms with Crippen LogP contribution < -0.4 is 14.4 Å². The van der Waals surface area contributed by atoms with Crippen LogP contribution >= 0.6 is 0 Å². The molecule has 1 aliphatic rings. The van der Waals surface area contributed by atoms with Gasteiger partial charge < -0.3 is 9.64 Å². The molecule has 3 rings (SSSR count). The average molecular weight is 332 g/mol. The van der Waals surface area contributed by atoms with Crippen molar-refractivity contribution in [3.8, 4) is 5.75 Å². The molecule has 0 saturated carbocycles. The molecule has 122 valence electrons. The molecule has 23 heavy (non-hydrogen) atoms. The van der Waals surface area contributed by atoms with E-state index in [-0.39, 0.29) is 4.90 Å². The Morgan fingerprint density at radius 3 is 2.39 bits per heavy atom. The van der Waals surface area contributed by atoms with E-state index in [9.17, 15) is 8.42 Å². The van der Waals surface area contributed by atoms with Gasteiger partial charge in [-0.2, -0.15) is 0 Å². The van der Waals surface area contributed by atoms with Gasteiger partial charge in [-0.1, -0.05) is 6.07 Å². The van der Waals surface area contributed by atoms with Gasteiger partial charge in [0.25, 0.3) is 10.0 Å². The zero-order valence-corrected chi connectivity index (χ0v) is 13.8. The molecule has 0 radical (unpaired) electrons. The largest absolute Gasteiger partial charge is 0.497 e. The molecular weight excluding hydrogens is 312 g/mol. The lowest BCUT2D eigenvalue weighted by Gasteiger charge is -2.18. The first-order chi connectivity index (χ1) is 11.1. The fourth-order valence-electron chi connectivity index (χ4n) is 2.70. The lowest BCUT2D eigenvalue weighted by atomic mass is 10.3. The van der Waals surface area contributed by atoms with Crippen LogP contribution in [0.4, 0.5) is 11.4 Å². The summed E-state index contributed by atoms with van der Waals surface area (Å²) in [6.07, 6.45) is 2.31. The van der Waals surface area contributed by atoms with Crippen LogP contribution in [0, 0.1) is 0 Å². The molecule has 1 N–H and O–H groups in total. The maximum absolute atomic E-state index is 12.6. The van der Waals surface area contributed by atoms with Crippen molar-refractivity contribution in [2.75, 3.05) is 29.8 Å². The molecule has 1 fully saturated rings. The Bertz CT molecular complexity index is 767. The van der Waals surface area contributed by atoms with Gasteiger partial charge in [0, 0.05) is 24.5 Å². The number of hydrogen-bond acceptors (Lipinski definition) is 4. The fourth-order valence-corrected chi connectivity index (χ4v) is 3.79. The molecule has 0 aromatic heterocycles. The lowest BCUT2D eigenvalue weighted by molar-refractivity contribution is 0.415. The maximum Gasteiger partial charge on any atom is 0.261 e. The first-order valence-electron chi connectivity index (χ1n) is 7.60. The van der Waals surface area contributed by atoms with Gasteiger partial charge in [0.2, 0.25) is 0 Å². The van der Waals surface area contributed by atoms with Crippen LogP contribution in [0.5, 0.6) is 5.75 Å². The van der Waals surface area contributed by atoms with Crippen molar-refractivity contribution >= 4 is 21.4 Å². The third-order valence-electron chi connectivity index (χ3n) is 3.94. The van der Waals surface area contributed by atoms with E-state index in [1.54, 1.807) is 49.6 Å². The van der Waals surface area contributed by atoms with Crippen LogP contribution in [0.25, 0.3) is 0 Å². The molecule has 1 saturated heterocycles. The number of methoxy groups -OCH3 is 1. The Morgan fingerprint density at radius 1 is 1.04 bits per heavy atom. The smallest absolute Gasteiger partial charge is 0.261 e. The topological polar surface area (TPSA) is 58.6 Å². The molecule has 0 aliphatic carbocycles. The summed E-state index contributed by atoms with van der Waals surface area (Å²) >= 11 is 0. The molecule has 0 spiro atoms. The van der Waals surface area contributed by atoms with Gasteiger partial charge in [0.15, 0.2) is 0 Å². The third kappa shape index (κ3) is 3.59. The quantitative estimate of drug-likeness (QED) is 0.914. The summed E-state index contributed by atoms with van der Waals surface area (Å²) in [7, 11) is -2.03. The molecule has 6 heteroatoms. The van der Waals surface area contributed by atoms with E-state index in [2.05, 4.69) is 9.62 Å². The molecule has 0 atom stereocenters. The van der Waals surface area contributed by atoms with E-state index in [0.717, 1.165) is 31.6 Å². The van der Waals surface area contributed by atoms with Crippen LogP contribution in [-0.4, -0.2) is 28.6 Å². The second-order valence-corrected chi connectivity index (χ2v) is 7.21. The average Bonchev–Trinajstić information content (AvgIpc) is 3.10. The Balaban J connectivity index is 1.82. The molecule has 1 heterocycles. The van der Waals surface area contributed by atoms with Crippen molar-refractivity contribution in [3.63, 3.8) is 0 Å². The minimum atomic E-state index is -3.60. The van der Waals surface area contributed by atoms with Crippen molar-refractivity contribution in [3.05, 3.63) is 48.5 Å². The van der Waals surface area contributed by atoms with E-state index in [4.69, 9.17) is 4.74 Å². The van der Waals surface area contributed by atoms with E-state index in [1.807, 2.05) is 6.07 Å². The highest BCUT2D eigenvalue weighted by atomic mass is 32.2. The van der Waals surface area contributed by atoms with Gasteiger partial charge in [-0.25, -0.2) is 8.42 Å². The summed E-state index contributed by atoms with van der Waals surface area (Å²) in [5.74, 6) is 0.684. The zero-order chi connectivity index (χ0) is 16.3. The third-order valence-corrected chi connectivity index (χ3v) is 5.32. The van der Waals surface area contributed by atoms with Crippen molar-refractivity contribution in [2.45, 2.75) is 17.7 Å². The maximum atomic E-state index is 12.6. The van der Waals surface area contributed by atoms with Crippen molar-refractivity contribution in [2.24, 2.45) is 0 Å². The van der Waals surface area contributed by atoms with E-state index >= 15 is 0 Å². The van der Waals surface area contributed by atoms with Gasteiger partial charge in [0.1, 0.15) is 5.75 Å². The summed E-state index contributed by atoms with van der Waals surface area (Å²) in [6.45, 7) is 1.96. The highest BCUT2D eigenvalue weighted by Gasteiger charge is 2.18. The highest BCUT2D eigenvalue weighted by molar-refractivity contribution is 7.92. The van der Waals surface area contributed by atoms with E-state index in [0.29, 0.717) is 11.4 Å². The number of anilines is 2. The summed E-state index contributed by atoms with van der Waals surface area (Å²) in [5.41, 5.74) is 1.47. The van der Waals surface area contributed by atoms with Crippen LogP contribution in [0.2, 0.25) is 0 Å². The van der Waals surface area contributed by atoms with E-state index in [1.165, 1.54) is 0 Å². The Morgan fingerprint density at radius 2 is 1.74 bits per heavy atom.